The van der Waals surface area contributed by atoms with Crippen molar-refractivity contribution in [1.82, 2.24) is 5.48 Å². The number of anilines is 1. The van der Waals surface area contributed by atoms with E-state index in [4.69, 9.17) is 9.57 Å². The highest BCUT2D eigenvalue weighted by atomic mass is 19.4. The van der Waals surface area contributed by atoms with Crippen LogP contribution >= 0.6 is 0 Å². The topological polar surface area (TPSA) is 76.7 Å². The summed E-state index contributed by atoms with van der Waals surface area (Å²) >= 11 is 0. The lowest BCUT2D eigenvalue weighted by molar-refractivity contribution is -0.145. The van der Waals surface area contributed by atoms with Crippen LogP contribution in [0.4, 0.5) is 32.0 Å². The maximum absolute atomic E-state index is 13.2. The lowest BCUT2D eigenvalue weighted by atomic mass is 10.0. The van der Waals surface area contributed by atoms with E-state index in [0.717, 1.165) is 5.56 Å². The Hall–Kier alpha value is -3.90. The zero-order valence-corrected chi connectivity index (χ0v) is 19.8. The van der Waals surface area contributed by atoms with Gasteiger partial charge in [-0.15, -0.1) is 0 Å². The van der Waals surface area contributed by atoms with Gasteiger partial charge in [-0.25, -0.2) is 5.48 Å². The lowest BCUT2D eigenvalue weighted by Crippen LogP contribution is -2.45. The predicted octanol–water partition coefficient (Wildman–Crippen LogP) is 6.00. The fourth-order valence-electron chi connectivity index (χ4n) is 3.25. The van der Waals surface area contributed by atoms with Gasteiger partial charge in [0.15, 0.2) is 6.10 Å². The van der Waals surface area contributed by atoms with Crippen molar-refractivity contribution in [2.75, 3.05) is 5.32 Å². The molecule has 6 nitrogen and oxygen atoms in total. The van der Waals surface area contributed by atoms with Crippen molar-refractivity contribution in [3.8, 4) is 0 Å². The first-order chi connectivity index (χ1) is 17.8. The number of benzene rings is 3. The van der Waals surface area contributed by atoms with Gasteiger partial charge in [-0.1, -0.05) is 48.5 Å². The molecule has 38 heavy (non-hydrogen) atoms. The third kappa shape index (κ3) is 8.05. The monoisotopic (exact) mass is 540 g/mol. The van der Waals surface area contributed by atoms with Gasteiger partial charge in [-0.05, 0) is 42.8 Å². The van der Waals surface area contributed by atoms with Gasteiger partial charge in [-0.2, -0.15) is 26.3 Å². The molecular weight excluding hydrogens is 518 g/mol. The Morgan fingerprint density at radius 3 is 1.87 bits per heavy atom. The van der Waals surface area contributed by atoms with Crippen molar-refractivity contribution < 1.29 is 45.5 Å². The maximum Gasteiger partial charge on any atom is 0.416 e. The van der Waals surface area contributed by atoms with E-state index < -0.39 is 53.1 Å². The molecule has 12 heteroatoms. The van der Waals surface area contributed by atoms with Crippen LogP contribution in [0, 0.1) is 0 Å². The number of hydrogen-bond acceptors (Lipinski definition) is 4. The number of hydroxylamine groups is 1. The second-order valence-corrected chi connectivity index (χ2v) is 8.12. The van der Waals surface area contributed by atoms with E-state index in [1.165, 1.54) is 6.92 Å². The summed E-state index contributed by atoms with van der Waals surface area (Å²) in [6.07, 6.45) is -12.8. The molecule has 202 valence electrons. The van der Waals surface area contributed by atoms with Gasteiger partial charge >= 0.3 is 12.4 Å². The summed E-state index contributed by atoms with van der Waals surface area (Å²) in [5.41, 5.74) is -1.39. The molecule has 0 bridgehead atoms. The molecule has 0 spiro atoms. The third-order valence-corrected chi connectivity index (χ3v) is 5.21. The normalized spacial score (nSPS) is 13.4. The Kier molecular flexibility index (Phi) is 9.13. The molecule has 2 N–H and O–H groups in total. The van der Waals surface area contributed by atoms with Crippen LogP contribution < -0.4 is 10.8 Å². The van der Waals surface area contributed by atoms with Crippen LogP contribution in [0.3, 0.4) is 0 Å². The van der Waals surface area contributed by atoms with Crippen LogP contribution in [-0.2, 0) is 33.3 Å². The van der Waals surface area contributed by atoms with E-state index >= 15 is 0 Å². The van der Waals surface area contributed by atoms with Crippen LogP contribution in [-0.4, -0.2) is 24.0 Å². The Balaban J connectivity index is 1.80. The number of para-hydroxylation sites is 1. The molecule has 0 radical (unpaired) electrons. The van der Waals surface area contributed by atoms with Crippen molar-refractivity contribution in [2.24, 2.45) is 0 Å². The first-order valence-corrected chi connectivity index (χ1v) is 11.1. The Labute approximate surface area is 213 Å². The average Bonchev–Trinajstić information content (AvgIpc) is 2.87. The van der Waals surface area contributed by atoms with Crippen molar-refractivity contribution in [3.05, 3.63) is 101 Å². The fraction of sp³-hybridized carbons (Fsp3) is 0.231. The second-order valence-electron chi connectivity index (χ2n) is 8.12. The minimum atomic E-state index is -5.14. The van der Waals surface area contributed by atoms with Gasteiger partial charge in [0, 0.05) is 11.3 Å². The zero-order chi connectivity index (χ0) is 27.9. The number of amides is 2. The van der Waals surface area contributed by atoms with Crippen molar-refractivity contribution >= 4 is 17.5 Å². The molecule has 3 aromatic rings. The van der Waals surface area contributed by atoms with Crippen LogP contribution in [0.25, 0.3) is 0 Å². The maximum atomic E-state index is 13.2. The summed E-state index contributed by atoms with van der Waals surface area (Å²) in [7, 11) is 0. The van der Waals surface area contributed by atoms with Gasteiger partial charge in [-0.3, -0.25) is 14.4 Å². The fourth-order valence-corrected chi connectivity index (χ4v) is 3.25. The first kappa shape index (κ1) is 28.7. The van der Waals surface area contributed by atoms with Crippen LogP contribution in [0.5, 0.6) is 0 Å². The summed E-state index contributed by atoms with van der Waals surface area (Å²) in [4.78, 5) is 30.7. The molecule has 0 saturated carbocycles. The van der Waals surface area contributed by atoms with Gasteiger partial charge in [0.2, 0.25) is 0 Å². The van der Waals surface area contributed by atoms with Crippen molar-refractivity contribution in [3.63, 3.8) is 0 Å². The summed E-state index contributed by atoms with van der Waals surface area (Å²) in [5, 5.41) is 2.55. The molecule has 0 saturated heterocycles. The lowest BCUT2D eigenvalue weighted by Gasteiger charge is -2.24. The highest BCUT2D eigenvalue weighted by Crippen LogP contribution is 2.36. The smallest absolute Gasteiger partial charge is 0.370 e. The number of rotatable bonds is 9. The van der Waals surface area contributed by atoms with E-state index in [0.29, 0.717) is 5.69 Å². The van der Waals surface area contributed by atoms with E-state index in [1.807, 2.05) is 0 Å². The predicted molar refractivity (Wildman–Crippen MR) is 125 cm³/mol. The molecule has 0 aliphatic rings. The van der Waals surface area contributed by atoms with Crippen LogP contribution in [0.1, 0.15) is 34.0 Å². The molecule has 2 atom stereocenters. The molecule has 0 aromatic heterocycles. The van der Waals surface area contributed by atoms with Crippen molar-refractivity contribution in [1.29, 1.82) is 0 Å². The second kappa shape index (κ2) is 12.1. The number of carbonyl (C=O) groups excluding carboxylic acids is 2. The van der Waals surface area contributed by atoms with Gasteiger partial charge in [0.05, 0.1) is 23.8 Å². The summed E-state index contributed by atoms with van der Waals surface area (Å²) in [6, 6.07) is 17.4. The van der Waals surface area contributed by atoms with E-state index in [1.54, 1.807) is 66.1 Å². The molecule has 2 amide bonds. The standard InChI is InChI=1S/C26H22F6N2O4/c1-16(37-15-17-8-4-2-5-9-17)22(24(36)33-21-10-6-3-7-11-21)38-34-23(35)18-12-19(25(27,28)29)14-20(13-18)26(30,31)32/h2-14,16,22H,15H2,1H3,(H,33,36)(H,34,35)/t16?,22-/m1/s1. The molecule has 0 fully saturated rings. The Bertz CT molecular complexity index is 1200. The molecule has 0 heterocycles. The van der Waals surface area contributed by atoms with Gasteiger partial charge in [0.1, 0.15) is 0 Å². The van der Waals surface area contributed by atoms with Crippen molar-refractivity contribution in [2.45, 2.75) is 38.1 Å². The van der Waals surface area contributed by atoms with E-state index in [9.17, 15) is 35.9 Å². The number of hydrogen-bond donors (Lipinski definition) is 2. The molecule has 3 rings (SSSR count). The molecular formula is C26H22F6N2O4. The quantitative estimate of drug-likeness (QED) is 0.258. The van der Waals surface area contributed by atoms with E-state index in [-0.39, 0.29) is 24.8 Å². The number of alkyl halides is 6. The minimum absolute atomic E-state index is 0.0526. The average molecular weight is 540 g/mol. The largest absolute Gasteiger partial charge is 0.416 e. The molecule has 0 aliphatic carbocycles. The SMILES string of the molecule is CC(OCc1ccccc1)[C@@H](ONC(=O)c1cc(C(F)(F)F)cc(C(F)(F)F)c1)C(=O)Nc1ccccc1. The Morgan fingerprint density at radius 2 is 1.34 bits per heavy atom. The zero-order valence-electron chi connectivity index (χ0n) is 19.8. The molecule has 1 unspecified atom stereocenters. The Morgan fingerprint density at radius 1 is 0.816 bits per heavy atom. The highest BCUT2D eigenvalue weighted by molar-refractivity contribution is 5.96. The first-order valence-electron chi connectivity index (χ1n) is 11.1. The van der Waals surface area contributed by atoms with Gasteiger partial charge in [0.25, 0.3) is 11.8 Å². The van der Waals surface area contributed by atoms with E-state index in [2.05, 4.69) is 5.32 Å². The minimum Gasteiger partial charge on any atom is -0.370 e. The third-order valence-electron chi connectivity index (χ3n) is 5.21. The van der Waals surface area contributed by atoms with Crippen LogP contribution in [0.2, 0.25) is 0 Å². The molecule has 3 aromatic carbocycles. The van der Waals surface area contributed by atoms with Gasteiger partial charge < -0.3 is 10.1 Å². The number of nitrogens with one attached hydrogen (secondary N) is 2. The summed E-state index contributed by atoms with van der Waals surface area (Å²) in [6.45, 7) is 1.51. The summed E-state index contributed by atoms with van der Waals surface area (Å²) < 4.78 is 84.6. The highest BCUT2D eigenvalue weighted by Gasteiger charge is 2.38. The number of carbonyl (C=O) groups is 2. The number of halogens is 6. The van der Waals surface area contributed by atoms with Crippen LogP contribution in [0.15, 0.2) is 78.9 Å². The molecule has 0 aliphatic heterocycles. The summed E-state index contributed by atoms with van der Waals surface area (Å²) in [5.74, 6) is -2.20. The number of ether oxygens (including phenoxy) is 1.